The van der Waals surface area contributed by atoms with E-state index in [2.05, 4.69) is 9.97 Å². The van der Waals surface area contributed by atoms with Crippen LogP contribution in [0.15, 0.2) is 17.3 Å². The number of halogens is 1. The SMILES string of the molecule is CC[C@H]1O[C@@H](n2cc(F)c3c(=O)[nH]cnc32)[C@@H](O)C1O. The van der Waals surface area contributed by atoms with Crippen LogP contribution in [0.25, 0.3) is 11.0 Å². The summed E-state index contributed by atoms with van der Waals surface area (Å²) in [5, 5.41) is 19.7. The van der Waals surface area contributed by atoms with Gasteiger partial charge in [-0.25, -0.2) is 9.37 Å². The Kier molecular flexibility index (Phi) is 3.08. The molecule has 0 aliphatic carbocycles. The Morgan fingerprint density at radius 2 is 2.25 bits per heavy atom. The van der Waals surface area contributed by atoms with E-state index in [1.165, 1.54) is 4.57 Å². The average Bonchev–Trinajstić information content (AvgIpc) is 2.90. The largest absolute Gasteiger partial charge is 0.388 e. The maximum Gasteiger partial charge on any atom is 0.263 e. The molecule has 1 unspecified atom stereocenters. The highest BCUT2D eigenvalue weighted by Crippen LogP contribution is 2.33. The number of nitrogens with one attached hydrogen (secondary N) is 1. The third-order valence-electron chi connectivity index (χ3n) is 3.58. The first kappa shape index (κ1) is 13.2. The van der Waals surface area contributed by atoms with Gasteiger partial charge in [-0.05, 0) is 6.42 Å². The first-order valence-corrected chi connectivity index (χ1v) is 6.30. The van der Waals surface area contributed by atoms with Crippen molar-refractivity contribution < 1.29 is 19.3 Å². The molecule has 3 rings (SSSR count). The lowest BCUT2D eigenvalue weighted by molar-refractivity contribution is -0.0355. The molecule has 3 N–H and O–H groups in total. The number of hydrogen-bond donors (Lipinski definition) is 3. The van der Waals surface area contributed by atoms with Gasteiger partial charge in [-0.3, -0.25) is 4.79 Å². The molecule has 0 spiro atoms. The van der Waals surface area contributed by atoms with E-state index in [1.54, 1.807) is 6.92 Å². The Hall–Kier alpha value is -1.77. The van der Waals surface area contributed by atoms with Gasteiger partial charge in [-0.2, -0.15) is 0 Å². The van der Waals surface area contributed by atoms with Gasteiger partial charge in [0.15, 0.2) is 17.7 Å². The fourth-order valence-electron chi connectivity index (χ4n) is 2.54. The van der Waals surface area contributed by atoms with E-state index >= 15 is 0 Å². The summed E-state index contributed by atoms with van der Waals surface area (Å²) in [5.74, 6) is -0.750. The molecule has 1 fully saturated rings. The highest BCUT2D eigenvalue weighted by atomic mass is 19.1. The predicted molar refractivity (Wildman–Crippen MR) is 66.5 cm³/mol. The molecule has 1 aliphatic heterocycles. The van der Waals surface area contributed by atoms with E-state index in [1.807, 2.05) is 0 Å². The number of nitrogens with zero attached hydrogens (tertiary/aromatic N) is 2. The van der Waals surface area contributed by atoms with Crippen molar-refractivity contribution in [3.8, 4) is 0 Å². The molecule has 20 heavy (non-hydrogen) atoms. The fraction of sp³-hybridized carbons (Fsp3) is 0.500. The zero-order valence-electron chi connectivity index (χ0n) is 10.7. The van der Waals surface area contributed by atoms with Gasteiger partial charge in [0.25, 0.3) is 5.56 Å². The van der Waals surface area contributed by atoms with Crippen LogP contribution in [-0.4, -0.2) is 43.1 Å². The van der Waals surface area contributed by atoms with E-state index in [0.717, 1.165) is 12.5 Å². The number of fused-ring (bicyclic) bond motifs is 1. The van der Waals surface area contributed by atoms with E-state index < -0.39 is 35.9 Å². The molecule has 0 amide bonds. The van der Waals surface area contributed by atoms with Crippen molar-refractivity contribution in [1.29, 1.82) is 0 Å². The Balaban J connectivity index is 2.12. The van der Waals surface area contributed by atoms with Gasteiger partial charge in [0.05, 0.1) is 12.4 Å². The highest BCUT2D eigenvalue weighted by molar-refractivity contribution is 5.75. The maximum atomic E-state index is 13.8. The zero-order chi connectivity index (χ0) is 14.4. The minimum absolute atomic E-state index is 0.0688. The smallest absolute Gasteiger partial charge is 0.263 e. The van der Waals surface area contributed by atoms with Gasteiger partial charge in [-0.15, -0.1) is 0 Å². The number of aliphatic hydroxyl groups excluding tert-OH is 2. The number of aromatic amines is 1. The standard InChI is InChI=1S/C12H14FN3O4/c1-2-6-8(17)9(18)12(20-6)16-3-5(13)7-10(16)14-4-15-11(7)19/h3-4,6,8-9,12,17-18H,2H2,1H3,(H,14,15,19)/t6-,8?,9+,12-/m1/s1. The lowest BCUT2D eigenvalue weighted by Crippen LogP contribution is -2.31. The molecule has 0 radical (unpaired) electrons. The van der Waals surface area contributed by atoms with Crippen molar-refractivity contribution in [2.24, 2.45) is 0 Å². The normalized spacial score (nSPS) is 30.2. The minimum Gasteiger partial charge on any atom is -0.388 e. The molecule has 0 aromatic carbocycles. The monoisotopic (exact) mass is 283 g/mol. The number of aliphatic hydroxyl groups is 2. The maximum absolute atomic E-state index is 13.8. The molecular weight excluding hydrogens is 269 g/mol. The summed E-state index contributed by atoms with van der Waals surface area (Å²) in [6, 6.07) is 0. The van der Waals surface area contributed by atoms with Crippen molar-refractivity contribution in [2.45, 2.75) is 37.9 Å². The Bertz CT molecular complexity index is 698. The first-order chi connectivity index (χ1) is 9.54. The molecule has 0 saturated carbocycles. The van der Waals surface area contributed by atoms with Crippen LogP contribution < -0.4 is 5.56 Å². The Labute approximate surface area is 112 Å². The van der Waals surface area contributed by atoms with Gasteiger partial charge < -0.3 is 24.5 Å². The Morgan fingerprint density at radius 1 is 1.50 bits per heavy atom. The van der Waals surface area contributed by atoms with Crippen LogP contribution in [-0.2, 0) is 4.74 Å². The summed E-state index contributed by atoms with van der Waals surface area (Å²) in [6.07, 6.45) is -1.09. The molecule has 1 saturated heterocycles. The minimum atomic E-state index is -1.21. The molecular formula is C12H14FN3O4. The summed E-state index contributed by atoms with van der Waals surface area (Å²) < 4.78 is 20.6. The van der Waals surface area contributed by atoms with Crippen LogP contribution in [0.5, 0.6) is 0 Å². The van der Waals surface area contributed by atoms with Crippen LogP contribution in [0, 0.1) is 5.82 Å². The second-order valence-corrected chi connectivity index (χ2v) is 4.77. The van der Waals surface area contributed by atoms with Crippen molar-refractivity contribution in [3.05, 3.63) is 28.7 Å². The van der Waals surface area contributed by atoms with Gasteiger partial charge in [0.2, 0.25) is 0 Å². The number of rotatable bonds is 2. The average molecular weight is 283 g/mol. The lowest BCUT2D eigenvalue weighted by Gasteiger charge is -2.16. The predicted octanol–water partition coefficient (Wildman–Crippen LogP) is -0.107. The van der Waals surface area contributed by atoms with Gasteiger partial charge in [0.1, 0.15) is 17.6 Å². The lowest BCUT2D eigenvalue weighted by atomic mass is 10.1. The fourth-order valence-corrected chi connectivity index (χ4v) is 2.54. The van der Waals surface area contributed by atoms with Crippen molar-refractivity contribution in [1.82, 2.24) is 14.5 Å². The number of hydrogen-bond acceptors (Lipinski definition) is 5. The summed E-state index contributed by atoms with van der Waals surface area (Å²) >= 11 is 0. The van der Waals surface area contributed by atoms with Gasteiger partial charge >= 0.3 is 0 Å². The van der Waals surface area contributed by atoms with Crippen molar-refractivity contribution >= 4 is 11.0 Å². The number of ether oxygens (including phenoxy) is 1. The van der Waals surface area contributed by atoms with Crippen LogP contribution in [0.2, 0.25) is 0 Å². The van der Waals surface area contributed by atoms with Gasteiger partial charge in [-0.1, -0.05) is 6.92 Å². The molecule has 1 aliphatic rings. The van der Waals surface area contributed by atoms with Crippen LogP contribution >= 0.6 is 0 Å². The van der Waals surface area contributed by atoms with E-state index in [-0.39, 0.29) is 11.0 Å². The van der Waals surface area contributed by atoms with E-state index in [0.29, 0.717) is 6.42 Å². The molecule has 108 valence electrons. The Morgan fingerprint density at radius 3 is 2.90 bits per heavy atom. The first-order valence-electron chi connectivity index (χ1n) is 6.30. The number of aromatic nitrogens is 3. The molecule has 7 nitrogen and oxygen atoms in total. The van der Waals surface area contributed by atoms with Crippen LogP contribution in [0.4, 0.5) is 4.39 Å². The molecule has 4 atom stereocenters. The number of H-pyrrole nitrogens is 1. The molecule has 3 heterocycles. The topological polar surface area (TPSA) is 100 Å². The molecule has 2 aromatic rings. The summed E-state index contributed by atoms with van der Waals surface area (Å²) in [4.78, 5) is 17.8. The third-order valence-corrected chi connectivity index (χ3v) is 3.58. The summed E-state index contributed by atoms with van der Waals surface area (Å²) in [7, 11) is 0. The van der Waals surface area contributed by atoms with E-state index in [9.17, 15) is 19.4 Å². The van der Waals surface area contributed by atoms with Crippen molar-refractivity contribution in [3.63, 3.8) is 0 Å². The summed E-state index contributed by atoms with van der Waals surface area (Å²) in [6.45, 7) is 1.81. The second-order valence-electron chi connectivity index (χ2n) is 4.77. The van der Waals surface area contributed by atoms with Crippen molar-refractivity contribution in [2.75, 3.05) is 0 Å². The highest BCUT2D eigenvalue weighted by Gasteiger charge is 2.43. The molecule has 0 bridgehead atoms. The zero-order valence-corrected chi connectivity index (χ0v) is 10.7. The van der Waals surface area contributed by atoms with Gasteiger partial charge in [0, 0.05) is 6.20 Å². The third kappa shape index (κ3) is 1.76. The quantitative estimate of drug-likeness (QED) is 0.714. The van der Waals surface area contributed by atoms with Crippen LogP contribution in [0.1, 0.15) is 19.6 Å². The van der Waals surface area contributed by atoms with E-state index in [4.69, 9.17) is 4.74 Å². The second kappa shape index (κ2) is 4.65. The molecule has 8 heteroatoms. The van der Waals surface area contributed by atoms with Crippen LogP contribution in [0.3, 0.4) is 0 Å². The molecule has 2 aromatic heterocycles. The summed E-state index contributed by atoms with van der Waals surface area (Å²) in [5.41, 5.74) is -0.537.